The lowest BCUT2D eigenvalue weighted by Gasteiger charge is -2.09. The molecule has 0 N–H and O–H groups in total. The number of halogens is 1. The Kier molecular flexibility index (Phi) is 4.67. The summed E-state index contributed by atoms with van der Waals surface area (Å²) in [5.41, 5.74) is 4.24. The third-order valence-corrected chi connectivity index (χ3v) is 5.32. The van der Waals surface area contributed by atoms with Crippen LogP contribution in [0.1, 0.15) is 11.1 Å². The quantitative estimate of drug-likeness (QED) is 0.415. The van der Waals surface area contributed by atoms with Crippen molar-refractivity contribution in [1.82, 2.24) is 10.2 Å². The first-order chi connectivity index (χ1) is 12.7. The van der Waals surface area contributed by atoms with E-state index in [4.69, 9.17) is 0 Å². The van der Waals surface area contributed by atoms with Crippen molar-refractivity contribution in [2.75, 3.05) is 0 Å². The van der Waals surface area contributed by atoms with Gasteiger partial charge in [0.25, 0.3) is 0 Å². The molecule has 0 bridgehead atoms. The molecule has 0 unspecified atom stereocenters. The SMILES string of the molecule is Cc1ccc(-c2nnc(SCc3ccc(F)cc3)c3ccccc23)cc1. The van der Waals surface area contributed by atoms with E-state index in [2.05, 4.69) is 53.5 Å². The molecule has 128 valence electrons. The maximum atomic E-state index is 13.1. The summed E-state index contributed by atoms with van der Waals surface area (Å²) in [6.45, 7) is 2.07. The second-order valence-electron chi connectivity index (χ2n) is 6.18. The van der Waals surface area contributed by atoms with Crippen molar-refractivity contribution in [2.24, 2.45) is 0 Å². The van der Waals surface area contributed by atoms with Crippen LogP contribution in [0.5, 0.6) is 0 Å². The number of benzene rings is 3. The molecular formula is C22H17FN2S. The Morgan fingerprint density at radius 1 is 0.808 bits per heavy atom. The predicted molar refractivity (Wildman–Crippen MR) is 106 cm³/mol. The highest BCUT2D eigenvalue weighted by atomic mass is 32.2. The van der Waals surface area contributed by atoms with Gasteiger partial charge >= 0.3 is 0 Å². The molecule has 1 aromatic heterocycles. The lowest BCUT2D eigenvalue weighted by atomic mass is 10.0. The van der Waals surface area contributed by atoms with Crippen LogP contribution in [-0.2, 0) is 5.75 Å². The summed E-state index contributed by atoms with van der Waals surface area (Å²) >= 11 is 1.62. The molecule has 26 heavy (non-hydrogen) atoms. The Balaban J connectivity index is 1.69. The van der Waals surface area contributed by atoms with E-state index in [-0.39, 0.29) is 5.82 Å². The van der Waals surface area contributed by atoms with Gasteiger partial charge in [-0.2, -0.15) is 0 Å². The highest BCUT2D eigenvalue weighted by Crippen LogP contribution is 2.33. The Morgan fingerprint density at radius 3 is 2.23 bits per heavy atom. The highest BCUT2D eigenvalue weighted by Gasteiger charge is 2.11. The first-order valence-electron chi connectivity index (χ1n) is 8.40. The minimum absolute atomic E-state index is 0.216. The number of nitrogens with zero attached hydrogens (tertiary/aromatic N) is 2. The van der Waals surface area contributed by atoms with Gasteiger partial charge in [-0.1, -0.05) is 78.0 Å². The fourth-order valence-electron chi connectivity index (χ4n) is 2.84. The lowest BCUT2D eigenvalue weighted by molar-refractivity contribution is 0.627. The highest BCUT2D eigenvalue weighted by molar-refractivity contribution is 7.98. The second-order valence-corrected chi connectivity index (χ2v) is 7.14. The first kappa shape index (κ1) is 16.7. The number of aromatic nitrogens is 2. The Labute approximate surface area is 156 Å². The Hall–Kier alpha value is -2.72. The van der Waals surface area contributed by atoms with Crippen LogP contribution < -0.4 is 0 Å². The fourth-order valence-corrected chi connectivity index (χ4v) is 3.77. The number of aryl methyl sites for hydroxylation is 1. The standard InChI is InChI=1S/C22H17FN2S/c1-15-6-10-17(11-7-15)21-19-4-2-3-5-20(19)22(25-24-21)26-14-16-8-12-18(23)13-9-16/h2-13H,14H2,1H3. The monoisotopic (exact) mass is 360 g/mol. The Bertz CT molecular complexity index is 1040. The van der Waals surface area contributed by atoms with Crippen molar-refractivity contribution < 1.29 is 4.39 Å². The van der Waals surface area contributed by atoms with Crippen LogP contribution in [0.3, 0.4) is 0 Å². The van der Waals surface area contributed by atoms with Crippen LogP contribution in [-0.4, -0.2) is 10.2 Å². The molecule has 1 heterocycles. The molecular weight excluding hydrogens is 343 g/mol. The third-order valence-electron chi connectivity index (χ3n) is 4.27. The van der Waals surface area contributed by atoms with E-state index in [1.165, 1.54) is 17.7 Å². The van der Waals surface area contributed by atoms with Gasteiger partial charge in [0.2, 0.25) is 0 Å². The number of rotatable bonds is 4. The molecule has 0 fully saturated rings. The van der Waals surface area contributed by atoms with E-state index in [0.29, 0.717) is 0 Å². The average molecular weight is 360 g/mol. The third kappa shape index (κ3) is 3.46. The number of hydrogen-bond acceptors (Lipinski definition) is 3. The van der Waals surface area contributed by atoms with E-state index in [0.717, 1.165) is 38.4 Å². The van der Waals surface area contributed by atoms with Gasteiger partial charge in [0.05, 0.1) is 0 Å². The number of fused-ring (bicyclic) bond motifs is 1. The lowest BCUT2D eigenvalue weighted by Crippen LogP contribution is -1.94. The zero-order valence-electron chi connectivity index (χ0n) is 14.3. The zero-order chi connectivity index (χ0) is 17.9. The minimum atomic E-state index is -0.216. The molecule has 4 rings (SSSR count). The van der Waals surface area contributed by atoms with Crippen LogP contribution in [0.2, 0.25) is 0 Å². The molecule has 0 saturated carbocycles. The molecule has 0 radical (unpaired) electrons. The van der Waals surface area contributed by atoms with Crippen LogP contribution in [0.25, 0.3) is 22.0 Å². The number of hydrogen-bond donors (Lipinski definition) is 0. The van der Waals surface area contributed by atoms with Gasteiger partial charge < -0.3 is 0 Å². The molecule has 0 aliphatic rings. The van der Waals surface area contributed by atoms with Gasteiger partial charge in [0.15, 0.2) is 0 Å². The van der Waals surface area contributed by atoms with Gasteiger partial charge in [0.1, 0.15) is 16.5 Å². The molecule has 2 nitrogen and oxygen atoms in total. The van der Waals surface area contributed by atoms with Gasteiger partial charge in [-0.3, -0.25) is 0 Å². The van der Waals surface area contributed by atoms with Crippen molar-refractivity contribution in [3.63, 3.8) is 0 Å². The van der Waals surface area contributed by atoms with E-state index in [1.54, 1.807) is 23.9 Å². The van der Waals surface area contributed by atoms with E-state index >= 15 is 0 Å². The summed E-state index contributed by atoms with van der Waals surface area (Å²) in [7, 11) is 0. The summed E-state index contributed by atoms with van der Waals surface area (Å²) in [6, 6.07) is 23.1. The van der Waals surface area contributed by atoms with Crippen LogP contribution in [0.15, 0.2) is 77.8 Å². The fraction of sp³-hybridized carbons (Fsp3) is 0.0909. The molecule has 0 aliphatic carbocycles. The van der Waals surface area contributed by atoms with E-state index in [1.807, 2.05) is 12.1 Å². The molecule has 4 aromatic rings. The molecule has 0 saturated heterocycles. The first-order valence-corrected chi connectivity index (χ1v) is 9.39. The van der Waals surface area contributed by atoms with E-state index < -0.39 is 0 Å². The van der Waals surface area contributed by atoms with Crippen molar-refractivity contribution >= 4 is 22.5 Å². The average Bonchev–Trinajstić information content (AvgIpc) is 2.68. The van der Waals surface area contributed by atoms with E-state index in [9.17, 15) is 4.39 Å². The maximum Gasteiger partial charge on any atom is 0.127 e. The van der Waals surface area contributed by atoms with Crippen molar-refractivity contribution in [3.05, 3.63) is 89.7 Å². The van der Waals surface area contributed by atoms with Crippen molar-refractivity contribution in [3.8, 4) is 11.3 Å². The molecule has 0 spiro atoms. The molecule has 0 atom stereocenters. The molecule has 0 amide bonds. The maximum absolute atomic E-state index is 13.1. The smallest absolute Gasteiger partial charge is 0.127 e. The molecule has 3 aromatic carbocycles. The zero-order valence-corrected chi connectivity index (χ0v) is 15.1. The van der Waals surface area contributed by atoms with Crippen molar-refractivity contribution in [2.45, 2.75) is 17.7 Å². The second kappa shape index (κ2) is 7.26. The molecule has 0 aliphatic heterocycles. The summed E-state index contributed by atoms with van der Waals surface area (Å²) in [6.07, 6.45) is 0. The summed E-state index contributed by atoms with van der Waals surface area (Å²) < 4.78 is 13.1. The largest absolute Gasteiger partial charge is 0.207 e. The van der Waals surface area contributed by atoms with Gasteiger partial charge in [-0.15, -0.1) is 10.2 Å². The summed E-state index contributed by atoms with van der Waals surface area (Å²) in [4.78, 5) is 0. The molecule has 4 heteroatoms. The normalized spacial score (nSPS) is 11.0. The summed E-state index contributed by atoms with van der Waals surface area (Å²) in [5, 5.41) is 12.0. The Morgan fingerprint density at radius 2 is 1.50 bits per heavy atom. The topological polar surface area (TPSA) is 25.8 Å². The van der Waals surface area contributed by atoms with Crippen LogP contribution in [0, 0.1) is 12.7 Å². The van der Waals surface area contributed by atoms with Gasteiger partial charge in [-0.05, 0) is 24.6 Å². The van der Waals surface area contributed by atoms with Crippen LogP contribution in [0.4, 0.5) is 4.39 Å². The van der Waals surface area contributed by atoms with Crippen LogP contribution >= 0.6 is 11.8 Å². The van der Waals surface area contributed by atoms with Gasteiger partial charge in [0, 0.05) is 22.1 Å². The van der Waals surface area contributed by atoms with Gasteiger partial charge in [-0.25, -0.2) is 4.39 Å². The summed E-state index contributed by atoms with van der Waals surface area (Å²) in [5.74, 6) is 0.509. The van der Waals surface area contributed by atoms with Crippen molar-refractivity contribution in [1.29, 1.82) is 0 Å². The number of thioether (sulfide) groups is 1. The predicted octanol–water partition coefficient (Wildman–Crippen LogP) is 6.04. The minimum Gasteiger partial charge on any atom is -0.207 e.